The molecule has 140 valence electrons. The Hall–Kier alpha value is -1.84. The van der Waals surface area contributed by atoms with Crippen LogP contribution >= 0.6 is 0 Å². The number of carbonyl (C=O) groups is 2. The number of Topliss-reactive ketones (excluding diaryl/α,β-unsaturated/α-hetero) is 1. The number of amides is 1. The lowest BCUT2D eigenvalue weighted by atomic mass is 9.48. The van der Waals surface area contributed by atoms with Crippen molar-refractivity contribution in [2.75, 3.05) is 6.61 Å². The van der Waals surface area contributed by atoms with Gasteiger partial charge in [-0.1, -0.05) is 12.1 Å². The molecule has 0 radical (unpaired) electrons. The van der Waals surface area contributed by atoms with Crippen molar-refractivity contribution in [2.24, 2.45) is 23.2 Å². The minimum atomic E-state index is -0.0911. The van der Waals surface area contributed by atoms with Crippen LogP contribution in [0.4, 0.5) is 0 Å². The zero-order valence-electron chi connectivity index (χ0n) is 15.8. The molecule has 4 nitrogen and oxygen atoms in total. The van der Waals surface area contributed by atoms with Crippen LogP contribution in [0.2, 0.25) is 0 Å². The van der Waals surface area contributed by atoms with Gasteiger partial charge >= 0.3 is 0 Å². The van der Waals surface area contributed by atoms with Crippen molar-refractivity contribution in [2.45, 2.75) is 58.4 Å². The third-order valence-corrected chi connectivity index (χ3v) is 7.01. The monoisotopic (exact) mass is 355 g/mol. The SMILES string of the molecule is CC(=O)c1ccccc1OCC(=O)N[C@@H](C)C12CC3CC(CC(C3)C1)C2. The average molecular weight is 355 g/mol. The van der Waals surface area contributed by atoms with Gasteiger partial charge in [0.1, 0.15) is 5.75 Å². The van der Waals surface area contributed by atoms with Gasteiger partial charge in [-0.2, -0.15) is 0 Å². The summed E-state index contributed by atoms with van der Waals surface area (Å²) in [6.07, 6.45) is 8.04. The normalized spacial score (nSPS) is 32.9. The van der Waals surface area contributed by atoms with E-state index in [-0.39, 0.29) is 24.3 Å². The van der Waals surface area contributed by atoms with E-state index >= 15 is 0 Å². The average Bonchev–Trinajstić information content (AvgIpc) is 2.59. The minimum absolute atomic E-state index is 0.0407. The van der Waals surface area contributed by atoms with Crippen LogP contribution in [0.25, 0.3) is 0 Å². The molecule has 4 aliphatic carbocycles. The van der Waals surface area contributed by atoms with E-state index in [1.54, 1.807) is 18.2 Å². The molecule has 0 spiro atoms. The fourth-order valence-corrected chi connectivity index (χ4v) is 6.17. The maximum Gasteiger partial charge on any atom is 0.258 e. The summed E-state index contributed by atoms with van der Waals surface area (Å²) in [7, 11) is 0. The topological polar surface area (TPSA) is 55.4 Å². The maximum atomic E-state index is 12.5. The van der Waals surface area contributed by atoms with E-state index in [2.05, 4.69) is 12.2 Å². The Morgan fingerprint density at radius 2 is 1.69 bits per heavy atom. The predicted octanol–water partition coefficient (Wildman–Crippen LogP) is 3.99. The number of nitrogens with one attached hydrogen (secondary N) is 1. The fraction of sp³-hybridized carbons (Fsp3) is 0.636. The molecule has 1 atom stereocenters. The Morgan fingerprint density at radius 1 is 1.12 bits per heavy atom. The summed E-state index contributed by atoms with van der Waals surface area (Å²) in [5.41, 5.74) is 0.816. The van der Waals surface area contributed by atoms with Gasteiger partial charge in [0.05, 0.1) is 5.56 Å². The molecule has 4 aliphatic rings. The highest BCUT2D eigenvalue weighted by molar-refractivity contribution is 5.96. The van der Waals surface area contributed by atoms with Crippen molar-refractivity contribution in [3.05, 3.63) is 29.8 Å². The second-order valence-corrected chi connectivity index (χ2v) is 8.91. The van der Waals surface area contributed by atoms with Crippen LogP contribution < -0.4 is 10.1 Å². The molecule has 0 unspecified atom stereocenters. The quantitative estimate of drug-likeness (QED) is 0.785. The molecule has 1 aromatic rings. The molecule has 0 saturated heterocycles. The Kier molecular flexibility index (Phi) is 4.54. The molecule has 0 aromatic heterocycles. The highest BCUT2D eigenvalue weighted by Crippen LogP contribution is 2.61. The molecule has 5 rings (SSSR count). The van der Waals surface area contributed by atoms with Crippen LogP contribution in [0, 0.1) is 23.2 Å². The van der Waals surface area contributed by atoms with Crippen molar-refractivity contribution in [3.63, 3.8) is 0 Å². The highest BCUT2D eigenvalue weighted by Gasteiger charge is 2.53. The van der Waals surface area contributed by atoms with Gasteiger partial charge in [-0.15, -0.1) is 0 Å². The van der Waals surface area contributed by atoms with Gasteiger partial charge in [0.15, 0.2) is 12.4 Å². The second kappa shape index (κ2) is 6.71. The van der Waals surface area contributed by atoms with Gasteiger partial charge in [-0.3, -0.25) is 9.59 Å². The van der Waals surface area contributed by atoms with Crippen molar-refractivity contribution < 1.29 is 14.3 Å². The van der Waals surface area contributed by atoms with Gasteiger partial charge in [0.2, 0.25) is 0 Å². The molecule has 4 bridgehead atoms. The number of ketones is 1. The van der Waals surface area contributed by atoms with E-state index in [9.17, 15) is 9.59 Å². The summed E-state index contributed by atoms with van der Waals surface area (Å²) in [6, 6.07) is 7.28. The van der Waals surface area contributed by atoms with Crippen molar-refractivity contribution in [1.82, 2.24) is 5.32 Å². The predicted molar refractivity (Wildman–Crippen MR) is 100 cm³/mol. The fourth-order valence-electron chi connectivity index (χ4n) is 6.17. The Morgan fingerprint density at radius 3 is 2.27 bits per heavy atom. The smallest absolute Gasteiger partial charge is 0.258 e. The van der Waals surface area contributed by atoms with Gasteiger partial charge in [-0.05, 0) is 87.7 Å². The van der Waals surface area contributed by atoms with E-state index in [1.807, 2.05) is 6.07 Å². The number of carbonyl (C=O) groups excluding carboxylic acids is 2. The second-order valence-electron chi connectivity index (χ2n) is 8.91. The minimum Gasteiger partial charge on any atom is -0.483 e. The standard InChI is InChI=1S/C22H29NO3/c1-14(24)19-5-3-4-6-20(19)26-13-21(25)23-15(2)22-10-16-7-17(11-22)9-18(8-16)12-22/h3-6,15-18H,7-13H2,1-2H3,(H,23,25)/t15-,16?,17?,18?,22?/m0/s1. The van der Waals surface area contributed by atoms with Crippen LogP contribution in [0.5, 0.6) is 5.75 Å². The molecule has 0 heterocycles. The van der Waals surface area contributed by atoms with Crippen LogP contribution in [0.1, 0.15) is 62.7 Å². The maximum absolute atomic E-state index is 12.5. The van der Waals surface area contributed by atoms with Gasteiger partial charge in [0.25, 0.3) is 5.91 Å². The number of hydrogen-bond donors (Lipinski definition) is 1. The van der Waals surface area contributed by atoms with Crippen LogP contribution in [0.3, 0.4) is 0 Å². The summed E-state index contributed by atoms with van der Waals surface area (Å²) in [5, 5.41) is 3.21. The lowest BCUT2D eigenvalue weighted by Gasteiger charge is -2.59. The summed E-state index contributed by atoms with van der Waals surface area (Å²) >= 11 is 0. The summed E-state index contributed by atoms with van der Waals surface area (Å²) in [4.78, 5) is 24.1. The number of ether oxygens (including phenoxy) is 1. The third-order valence-electron chi connectivity index (χ3n) is 7.01. The first-order chi connectivity index (χ1) is 12.4. The molecule has 1 N–H and O–H groups in total. The number of para-hydroxylation sites is 1. The molecule has 1 aromatic carbocycles. The molecule has 26 heavy (non-hydrogen) atoms. The molecular weight excluding hydrogens is 326 g/mol. The van der Waals surface area contributed by atoms with Crippen molar-refractivity contribution in [3.8, 4) is 5.75 Å². The van der Waals surface area contributed by atoms with Crippen LogP contribution in [0.15, 0.2) is 24.3 Å². The third kappa shape index (κ3) is 3.26. The number of hydrogen-bond acceptors (Lipinski definition) is 3. The van der Waals surface area contributed by atoms with Gasteiger partial charge in [0, 0.05) is 6.04 Å². The molecule has 4 heteroatoms. The van der Waals surface area contributed by atoms with E-state index in [0.717, 1.165) is 17.8 Å². The first kappa shape index (κ1) is 17.6. The zero-order chi connectivity index (χ0) is 18.3. The molecule has 4 saturated carbocycles. The Bertz CT molecular complexity index is 676. The Balaban J connectivity index is 1.36. The molecule has 1 amide bonds. The largest absolute Gasteiger partial charge is 0.483 e. The first-order valence-corrected chi connectivity index (χ1v) is 9.97. The van der Waals surface area contributed by atoms with Crippen LogP contribution in [-0.4, -0.2) is 24.3 Å². The number of rotatable bonds is 6. The van der Waals surface area contributed by atoms with E-state index in [1.165, 1.54) is 45.4 Å². The van der Waals surface area contributed by atoms with E-state index in [4.69, 9.17) is 4.74 Å². The lowest BCUT2D eigenvalue weighted by molar-refractivity contribution is -0.127. The van der Waals surface area contributed by atoms with Crippen molar-refractivity contribution >= 4 is 11.7 Å². The summed E-state index contributed by atoms with van der Waals surface area (Å²) in [6.45, 7) is 3.65. The molecular formula is C22H29NO3. The van der Waals surface area contributed by atoms with E-state index in [0.29, 0.717) is 16.7 Å². The van der Waals surface area contributed by atoms with Gasteiger partial charge in [-0.25, -0.2) is 0 Å². The first-order valence-electron chi connectivity index (χ1n) is 9.97. The zero-order valence-corrected chi connectivity index (χ0v) is 15.8. The lowest BCUT2D eigenvalue weighted by Crippen LogP contribution is -2.56. The van der Waals surface area contributed by atoms with E-state index < -0.39 is 0 Å². The van der Waals surface area contributed by atoms with Gasteiger partial charge < -0.3 is 10.1 Å². The Labute approximate surface area is 155 Å². The van der Waals surface area contributed by atoms with Crippen molar-refractivity contribution in [1.29, 1.82) is 0 Å². The summed E-state index contributed by atoms with van der Waals surface area (Å²) < 4.78 is 5.65. The number of benzene rings is 1. The highest BCUT2D eigenvalue weighted by atomic mass is 16.5. The molecule has 0 aliphatic heterocycles. The van der Waals surface area contributed by atoms with Crippen LogP contribution in [-0.2, 0) is 4.79 Å². The molecule has 4 fully saturated rings. The summed E-state index contributed by atoms with van der Waals surface area (Å²) in [5.74, 6) is 2.96.